The molecule has 6 heteroatoms. The van der Waals surface area contributed by atoms with E-state index in [-0.39, 0.29) is 5.75 Å². The summed E-state index contributed by atoms with van der Waals surface area (Å²) >= 11 is 0. The first-order valence-electron chi connectivity index (χ1n) is 8.11. The molecule has 2 heterocycles. The van der Waals surface area contributed by atoms with Crippen molar-refractivity contribution in [2.75, 3.05) is 18.0 Å². The van der Waals surface area contributed by atoms with Crippen LogP contribution in [0.2, 0.25) is 0 Å². The molecule has 0 unspecified atom stereocenters. The monoisotopic (exact) mass is 321 g/mol. The van der Waals surface area contributed by atoms with Gasteiger partial charge in [0.2, 0.25) is 0 Å². The van der Waals surface area contributed by atoms with Gasteiger partial charge in [0.15, 0.2) is 0 Å². The lowest BCUT2D eigenvalue weighted by Crippen LogP contribution is -2.21. The number of H-pyrrole nitrogens is 2. The molecular weight excluding hydrogens is 302 g/mol. The van der Waals surface area contributed by atoms with E-state index in [1.54, 1.807) is 6.07 Å². The van der Waals surface area contributed by atoms with Gasteiger partial charge in [-0.15, -0.1) is 0 Å². The lowest BCUT2D eigenvalue weighted by atomic mass is 10.1. The van der Waals surface area contributed by atoms with Gasteiger partial charge >= 0.3 is 0 Å². The number of imidazole rings is 1. The Morgan fingerprint density at radius 1 is 1.08 bits per heavy atom. The predicted molar refractivity (Wildman–Crippen MR) is 96.4 cm³/mol. The van der Waals surface area contributed by atoms with E-state index in [1.165, 1.54) is 0 Å². The van der Waals surface area contributed by atoms with Crippen molar-refractivity contribution in [1.29, 1.82) is 0 Å². The third-order valence-corrected chi connectivity index (χ3v) is 4.40. The summed E-state index contributed by atoms with van der Waals surface area (Å²) in [6.07, 6.45) is 1.85. The Bertz CT molecular complexity index is 965. The highest BCUT2D eigenvalue weighted by atomic mass is 16.3. The summed E-state index contributed by atoms with van der Waals surface area (Å²) in [4.78, 5) is 10.1. The molecule has 2 aromatic carbocycles. The van der Waals surface area contributed by atoms with Crippen LogP contribution in [0.25, 0.3) is 33.3 Å². The Morgan fingerprint density at radius 2 is 1.92 bits per heavy atom. The van der Waals surface area contributed by atoms with Crippen LogP contribution in [0.4, 0.5) is 5.69 Å². The maximum Gasteiger partial charge on any atom is 0.142 e. The van der Waals surface area contributed by atoms with Crippen LogP contribution in [-0.2, 0) is 0 Å². The fraction of sp³-hybridized carbons (Fsp3) is 0.222. The minimum absolute atomic E-state index is 0.226. The van der Waals surface area contributed by atoms with E-state index in [0.717, 1.165) is 40.7 Å². The molecular formula is C18H19N5O. The molecule has 0 amide bonds. The fourth-order valence-corrected chi connectivity index (χ4v) is 3.08. The summed E-state index contributed by atoms with van der Waals surface area (Å²) < 4.78 is 0. The molecule has 4 rings (SSSR count). The Hall–Kier alpha value is -3.02. The number of aromatic nitrogens is 4. The highest BCUT2D eigenvalue weighted by Crippen LogP contribution is 2.33. The minimum Gasteiger partial charge on any atom is -0.507 e. The number of hydrogen-bond donors (Lipinski definition) is 3. The number of hydrogen-bond acceptors (Lipinski definition) is 4. The van der Waals surface area contributed by atoms with Crippen LogP contribution in [0, 0.1) is 0 Å². The summed E-state index contributed by atoms with van der Waals surface area (Å²) in [6.45, 7) is 6.01. The average Bonchev–Trinajstić information content (AvgIpc) is 3.19. The van der Waals surface area contributed by atoms with E-state index < -0.39 is 0 Å². The second-order valence-electron chi connectivity index (χ2n) is 5.77. The van der Waals surface area contributed by atoms with Gasteiger partial charge in [-0.25, -0.2) is 4.98 Å². The smallest absolute Gasteiger partial charge is 0.142 e. The summed E-state index contributed by atoms with van der Waals surface area (Å²) in [6, 6.07) is 9.66. The van der Waals surface area contributed by atoms with E-state index in [2.05, 4.69) is 38.9 Å². The Kier molecular flexibility index (Phi) is 3.37. The number of aromatic amines is 2. The second-order valence-corrected chi connectivity index (χ2v) is 5.77. The van der Waals surface area contributed by atoms with Crippen LogP contribution in [0.3, 0.4) is 0 Å². The van der Waals surface area contributed by atoms with Gasteiger partial charge in [-0.05, 0) is 38.1 Å². The number of aromatic hydroxyl groups is 1. The quantitative estimate of drug-likeness (QED) is 0.536. The van der Waals surface area contributed by atoms with Crippen molar-refractivity contribution in [3.63, 3.8) is 0 Å². The third-order valence-electron chi connectivity index (χ3n) is 4.40. The van der Waals surface area contributed by atoms with Gasteiger partial charge in [0.1, 0.15) is 11.6 Å². The lowest BCUT2D eigenvalue weighted by molar-refractivity contribution is 0.477. The standard InChI is InChI=1S/C18H19N5O/c1-3-23(4-2)12-5-6-13(17(24)8-12)18-20-15-7-11-10-19-22-14(11)9-16(15)21-18/h5-10,24H,3-4H2,1-2H3,(H,19,22)(H,20,21). The maximum absolute atomic E-state index is 10.5. The summed E-state index contributed by atoms with van der Waals surface area (Å²) in [5, 5.41) is 18.5. The van der Waals surface area contributed by atoms with Crippen LogP contribution < -0.4 is 4.90 Å². The van der Waals surface area contributed by atoms with Crippen molar-refractivity contribution < 1.29 is 5.11 Å². The first-order valence-corrected chi connectivity index (χ1v) is 8.11. The molecule has 0 saturated heterocycles. The van der Waals surface area contributed by atoms with Crippen molar-refractivity contribution in [3.05, 3.63) is 36.5 Å². The van der Waals surface area contributed by atoms with Gasteiger partial charge in [0.05, 0.1) is 22.1 Å². The molecule has 0 spiro atoms. The van der Waals surface area contributed by atoms with Gasteiger partial charge in [-0.3, -0.25) is 5.10 Å². The molecule has 0 fully saturated rings. The van der Waals surface area contributed by atoms with Gasteiger partial charge in [0.25, 0.3) is 0 Å². The van der Waals surface area contributed by atoms with E-state index in [4.69, 9.17) is 0 Å². The van der Waals surface area contributed by atoms with E-state index in [1.807, 2.05) is 30.5 Å². The molecule has 24 heavy (non-hydrogen) atoms. The molecule has 0 aliphatic carbocycles. The second kappa shape index (κ2) is 5.56. The molecule has 6 nitrogen and oxygen atoms in total. The van der Waals surface area contributed by atoms with Gasteiger partial charge in [0, 0.05) is 36.4 Å². The molecule has 0 aliphatic heterocycles. The van der Waals surface area contributed by atoms with Gasteiger partial charge in [-0.1, -0.05) is 0 Å². The first-order chi connectivity index (χ1) is 11.7. The highest BCUT2D eigenvalue weighted by molar-refractivity contribution is 5.94. The number of rotatable bonds is 4. The zero-order valence-electron chi connectivity index (χ0n) is 13.7. The molecule has 0 aliphatic rings. The van der Waals surface area contributed by atoms with Crippen LogP contribution in [-0.4, -0.2) is 38.4 Å². The minimum atomic E-state index is 0.226. The molecule has 122 valence electrons. The van der Waals surface area contributed by atoms with E-state index in [9.17, 15) is 5.11 Å². The summed E-state index contributed by atoms with van der Waals surface area (Å²) in [7, 11) is 0. The van der Waals surface area contributed by atoms with Gasteiger partial charge < -0.3 is 15.0 Å². The average molecular weight is 321 g/mol. The largest absolute Gasteiger partial charge is 0.507 e. The first kappa shape index (κ1) is 14.6. The topological polar surface area (TPSA) is 80.8 Å². The summed E-state index contributed by atoms with van der Waals surface area (Å²) in [5.41, 5.74) is 4.35. The molecule has 0 atom stereocenters. The number of benzene rings is 2. The van der Waals surface area contributed by atoms with Crippen LogP contribution in [0.1, 0.15) is 13.8 Å². The molecule has 0 radical (unpaired) electrons. The SMILES string of the molecule is CCN(CC)c1ccc(-c2nc3cc4c[nH]nc4cc3[nH]2)c(O)c1. The summed E-state index contributed by atoms with van der Waals surface area (Å²) in [5.74, 6) is 0.883. The molecule has 0 bridgehead atoms. The van der Waals surface area contributed by atoms with Crippen molar-refractivity contribution in [3.8, 4) is 17.1 Å². The maximum atomic E-state index is 10.5. The fourth-order valence-electron chi connectivity index (χ4n) is 3.08. The predicted octanol–water partition coefficient (Wildman–Crippen LogP) is 3.66. The number of nitrogens with zero attached hydrogens (tertiary/aromatic N) is 3. The molecule has 3 N–H and O–H groups in total. The Morgan fingerprint density at radius 3 is 2.67 bits per heavy atom. The third kappa shape index (κ3) is 2.27. The van der Waals surface area contributed by atoms with Crippen molar-refractivity contribution in [1.82, 2.24) is 20.2 Å². The number of fused-ring (bicyclic) bond motifs is 2. The zero-order valence-corrected chi connectivity index (χ0v) is 13.7. The van der Waals surface area contributed by atoms with Crippen LogP contribution in [0.5, 0.6) is 5.75 Å². The highest BCUT2D eigenvalue weighted by Gasteiger charge is 2.13. The molecule has 0 saturated carbocycles. The number of anilines is 1. The van der Waals surface area contributed by atoms with Gasteiger partial charge in [-0.2, -0.15) is 5.10 Å². The van der Waals surface area contributed by atoms with Crippen molar-refractivity contribution in [2.24, 2.45) is 0 Å². The molecule has 4 aromatic rings. The normalized spacial score (nSPS) is 11.4. The van der Waals surface area contributed by atoms with E-state index in [0.29, 0.717) is 11.4 Å². The Balaban J connectivity index is 1.78. The number of nitrogens with one attached hydrogen (secondary N) is 2. The van der Waals surface area contributed by atoms with Crippen LogP contribution >= 0.6 is 0 Å². The van der Waals surface area contributed by atoms with Crippen LogP contribution in [0.15, 0.2) is 36.5 Å². The number of phenols is 1. The number of phenolic OH excluding ortho intramolecular Hbond substituents is 1. The lowest BCUT2D eigenvalue weighted by Gasteiger charge is -2.21. The van der Waals surface area contributed by atoms with Crippen molar-refractivity contribution in [2.45, 2.75) is 13.8 Å². The Labute approximate surface area is 139 Å². The van der Waals surface area contributed by atoms with E-state index >= 15 is 0 Å². The van der Waals surface area contributed by atoms with Crippen molar-refractivity contribution >= 4 is 27.6 Å². The zero-order chi connectivity index (χ0) is 16.7. The molecule has 2 aromatic heterocycles.